The largest absolute Gasteiger partial charge is 0.350 e. The summed E-state index contributed by atoms with van der Waals surface area (Å²) in [6.45, 7) is 9.46. The molecule has 2 aromatic carbocycles. The number of carbonyl (C=O) groups is 2. The first-order valence-electron chi connectivity index (χ1n) is 13.4. The molecule has 4 nitrogen and oxygen atoms in total. The summed E-state index contributed by atoms with van der Waals surface area (Å²) in [6.07, 6.45) is 4.82. The molecule has 6 rings (SSSR count). The number of aryl methyl sites for hydroxylation is 1. The predicted octanol–water partition coefficient (Wildman–Crippen LogP) is 7.06. The zero-order valence-electron chi connectivity index (χ0n) is 22.6. The SMILES string of the molecule is Cn1cc(C2C3=C(CC(C)(C)CC3=O)N(Cc3ccccc3)C3=C2C(=O)CC(C)(C)C3)c2ccccc21. The van der Waals surface area contributed by atoms with Crippen LogP contribution in [-0.2, 0) is 23.2 Å². The first kappa shape index (κ1) is 24.0. The molecule has 37 heavy (non-hydrogen) atoms. The second-order valence-corrected chi connectivity index (χ2v) is 12.8. The minimum atomic E-state index is -0.310. The number of nitrogens with zero attached hydrogens (tertiary/aromatic N) is 2. The summed E-state index contributed by atoms with van der Waals surface area (Å²) >= 11 is 0. The van der Waals surface area contributed by atoms with Crippen LogP contribution in [0.15, 0.2) is 83.3 Å². The van der Waals surface area contributed by atoms with Gasteiger partial charge in [0.05, 0.1) is 0 Å². The first-order chi connectivity index (χ1) is 17.5. The topological polar surface area (TPSA) is 42.3 Å². The number of ketones is 2. The number of allylic oxidation sites excluding steroid dienone is 4. The monoisotopic (exact) mass is 492 g/mol. The van der Waals surface area contributed by atoms with Gasteiger partial charge in [0.25, 0.3) is 0 Å². The van der Waals surface area contributed by atoms with E-state index in [9.17, 15) is 9.59 Å². The number of benzene rings is 2. The highest BCUT2D eigenvalue weighted by Gasteiger charge is 2.49. The highest BCUT2D eigenvalue weighted by molar-refractivity contribution is 6.08. The zero-order chi connectivity index (χ0) is 26.1. The van der Waals surface area contributed by atoms with E-state index < -0.39 is 0 Å². The summed E-state index contributed by atoms with van der Waals surface area (Å²) in [7, 11) is 2.05. The van der Waals surface area contributed by atoms with Crippen molar-refractivity contribution in [1.82, 2.24) is 9.47 Å². The smallest absolute Gasteiger partial charge is 0.162 e. The van der Waals surface area contributed by atoms with Crippen molar-refractivity contribution in [2.75, 3.05) is 0 Å². The van der Waals surface area contributed by atoms with Crippen LogP contribution in [0.4, 0.5) is 0 Å². The van der Waals surface area contributed by atoms with Crippen molar-refractivity contribution in [3.8, 4) is 0 Å². The Bertz CT molecular complexity index is 1450. The molecule has 0 bridgehead atoms. The predicted molar refractivity (Wildman–Crippen MR) is 148 cm³/mol. The molecular weight excluding hydrogens is 456 g/mol. The Hall–Kier alpha value is -3.40. The van der Waals surface area contributed by atoms with Crippen LogP contribution in [0, 0.1) is 10.8 Å². The quantitative estimate of drug-likeness (QED) is 0.393. The molecule has 0 unspecified atom stereocenters. The maximum Gasteiger partial charge on any atom is 0.162 e. The van der Waals surface area contributed by atoms with Gasteiger partial charge < -0.3 is 9.47 Å². The number of para-hydroxylation sites is 1. The summed E-state index contributed by atoms with van der Waals surface area (Å²) in [5.74, 6) is 0.0631. The summed E-state index contributed by atoms with van der Waals surface area (Å²) in [6, 6.07) is 18.8. The Morgan fingerprint density at radius 2 is 1.30 bits per heavy atom. The van der Waals surface area contributed by atoms with Gasteiger partial charge in [-0.3, -0.25) is 9.59 Å². The fourth-order valence-corrected chi connectivity index (χ4v) is 6.92. The second kappa shape index (κ2) is 8.31. The lowest BCUT2D eigenvalue weighted by atomic mass is 9.63. The summed E-state index contributed by atoms with van der Waals surface area (Å²) in [4.78, 5) is 30.5. The van der Waals surface area contributed by atoms with Crippen LogP contribution in [-0.4, -0.2) is 21.0 Å². The van der Waals surface area contributed by atoms with Crippen molar-refractivity contribution >= 4 is 22.5 Å². The van der Waals surface area contributed by atoms with Crippen LogP contribution in [0.5, 0.6) is 0 Å². The maximum absolute atomic E-state index is 14.1. The lowest BCUT2D eigenvalue weighted by Gasteiger charge is -2.49. The Morgan fingerprint density at radius 1 is 0.757 bits per heavy atom. The molecule has 2 aliphatic carbocycles. The lowest BCUT2D eigenvalue weighted by Crippen LogP contribution is -2.44. The van der Waals surface area contributed by atoms with Gasteiger partial charge in [0.2, 0.25) is 0 Å². The molecule has 190 valence electrons. The summed E-state index contributed by atoms with van der Waals surface area (Å²) < 4.78 is 2.13. The van der Waals surface area contributed by atoms with Gasteiger partial charge in [0.15, 0.2) is 11.6 Å². The third kappa shape index (κ3) is 3.98. The number of carbonyl (C=O) groups excluding carboxylic acids is 2. The summed E-state index contributed by atoms with van der Waals surface area (Å²) in [5.41, 5.74) is 7.08. The fourth-order valence-electron chi connectivity index (χ4n) is 6.92. The van der Waals surface area contributed by atoms with Gasteiger partial charge >= 0.3 is 0 Å². The van der Waals surface area contributed by atoms with Gasteiger partial charge in [0.1, 0.15) is 0 Å². The van der Waals surface area contributed by atoms with E-state index in [4.69, 9.17) is 0 Å². The van der Waals surface area contributed by atoms with E-state index >= 15 is 0 Å². The molecule has 0 N–H and O–H groups in total. The van der Waals surface area contributed by atoms with Crippen molar-refractivity contribution in [3.63, 3.8) is 0 Å². The molecule has 0 saturated heterocycles. The van der Waals surface area contributed by atoms with E-state index in [1.54, 1.807) is 0 Å². The van der Waals surface area contributed by atoms with Gasteiger partial charge in [-0.05, 0) is 40.9 Å². The van der Waals surface area contributed by atoms with Crippen LogP contribution in [0.3, 0.4) is 0 Å². The van der Waals surface area contributed by atoms with Gasteiger partial charge in [-0.15, -0.1) is 0 Å². The zero-order valence-corrected chi connectivity index (χ0v) is 22.6. The molecule has 0 saturated carbocycles. The molecular formula is C33H36N2O2. The van der Waals surface area contributed by atoms with E-state index in [1.165, 1.54) is 5.56 Å². The number of fused-ring (bicyclic) bond motifs is 1. The number of hydrogen-bond acceptors (Lipinski definition) is 3. The molecule has 3 aromatic rings. The van der Waals surface area contributed by atoms with Crippen LogP contribution in [0.25, 0.3) is 10.9 Å². The van der Waals surface area contributed by atoms with Crippen LogP contribution in [0.2, 0.25) is 0 Å². The maximum atomic E-state index is 14.1. The van der Waals surface area contributed by atoms with Crippen LogP contribution in [0.1, 0.15) is 70.4 Å². The van der Waals surface area contributed by atoms with Crippen molar-refractivity contribution in [1.29, 1.82) is 0 Å². The van der Waals surface area contributed by atoms with E-state index in [-0.39, 0.29) is 28.3 Å². The van der Waals surface area contributed by atoms with E-state index in [1.807, 2.05) is 12.1 Å². The Labute approximate surface area is 219 Å². The summed E-state index contributed by atoms with van der Waals surface area (Å²) in [5, 5.41) is 1.13. The second-order valence-electron chi connectivity index (χ2n) is 12.8. The Morgan fingerprint density at radius 3 is 1.89 bits per heavy atom. The molecule has 0 spiro atoms. The molecule has 4 heteroatoms. The van der Waals surface area contributed by atoms with Crippen molar-refractivity contribution in [2.45, 2.75) is 65.8 Å². The van der Waals surface area contributed by atoms with Gasteiger partial charge in [-0.2, -0.15) is 0 Å². The van der Waals surface area contributed by atoms with Crippen LogP contribution >= 0.6 is 0 Å². The number of Topliss-reactive ketones (excluding diaryl/α,β-unsaturated/α-hetero) is 2. The standard InChI is InChI=1S/C33H36N2O2/c1-32(2)15-25-30(27(36)17-32)29(23-20-34(5)24-14-10-9-13-22(23)24)31-26(16-33(3,4)18-28(31)37)35(25)19-21-11-7-6-8-12-21/h6-14,20,29H,15-19H2,1-5H3. The third-order valence-electron chi connectivity index (χ3n) is 8.44. The average molecular weight is 493 g/mol. The minimum absolute atomic E-state index is 0.125. The highest BCUT2D eigenvalue weighted by atomic mass is 16.1. The molecule has 0 amide bonds. The van der Waals surface area contributed by atoms with Gasteiger partial charge in [-0.25, -0.2) is 0 Å². The molecule has 1 aromatic heterocycles. The number of aromatic nitrogens is 1. The van der Waals surface area contributed by atoms with E-state index in [0.717, 1.165) is 51.8 Å². The fraction of sp³-hybridized carbons (Fsp3) is 0.394. The average Bonchev–Trinajstić information content (AvgIpc) is 3.15. The molecule has 0 fully saturated rings. The molecule has 0 radical (unpaired) electrons. The van der Waals surface area contributed by atoms with Crippen LogP contribution < -0.4 is 0 Å². The number of hydrogen-bond donors (Lipinski definition) is 0. The van der Waals surface area contributed by atoms with Gasteiger partial charge in [0, 0.05) is 72.0 Å². The van der Waals surface area contributed by atoms with Crippen molar-refractivity contribution in [2.24, 2.45) is 17.9 Å². The minimum Gasteiger partial charge on any atom is -0.350 e. The first-order valence-corrected chi connectivity index (χ1v) is 13.4. The van der Waals surface area contributed by atoms with E-state index in [0.29, 0.717) is 19.4 Å². The Kier molecular flexibility index (Phi) is 5.38. The van der Waals surface area contributed by atoms with Crippen molar-refractivity contribution < 1.29 is 9.59 Å². The van der Waals surface area contributed by atoms with E-state index in [2.05, 4.69) is 92.9 Å². The molecule has 0 atom stereocenters. The highest BCUT2D eigenvalue weighted by Crippen LogP contribution is 2.55. The lowest BCUT2D eigenvalue weighted by molar-refractivity contribution is -0.119. The third-order valence-corrected chi connectivity index (χ3v) is 8.44. The Balaban J connectivity index is 1.64. The molecule has 1 aliphatic heterocycles. The van der Waals surface area contributed by atoms with Crippen molar-refractivity contribution in [3.05, 3.63) is 94.5 Å². The normalized spacial score (nSPS) is 21.5. The molecule has 2 heterocycles. The molecule has 3 aliphatic rings. The number of rotatable bonds is 3. The van der Waals surface area contributed by atoms with Gasteiger partial charge in [-0.1, -0.05) is 76.2 Å².